The van der Waals surface area contributed by atoms with Crippen LogP contribution in [0.25, 0.3) is 33.8 Å². The number of hydrogen-bond acceptors (Lipinski definition) is 24. The molecule has 0 aliphatic heterocycles. The van der Waals surface area contributed by atoms with Crippen LogP contribution in [0.3, 0.4) is 0 Å². The first kappa shape index (κ1) is 95.2. The highest BCUT2D eigenvalue weighted by Gasteiger charge is 2.47. The Labute approximate surface area is 700 Å². The van der Waals surface area contributed by atoms with Crippen molar-refractivity contribution >= 4 is 102 Å². The van der Waals surface area contributed by atoms with Gasteiger partial charge in [-0.25, -0.2) is 37.7 Å². The summed E-state index contributed by atoms with van der Waals surface area (Å²) in [5.41, 5.74) is 4.56. The predicted octanol–water partition coefficient (Wildman–Crippen LogP) is 13.1. The van der Waals surface area contributed by atoms with Gasteiger partial charge in [0.2, 0.25) is 0 Å². The monoisotopic (exact) mass is 1800 g/mol. The molecule has 2 saturated carbocycles. The minimum Gasteiger partial charge on any atom is -0.461 e. The lowest BCUT2D eigenvalue weighted by Crippen LogP contribution is -2.46. The second-order valence-electron chi connectivity index (χ2n) is 34.3. The van der Waals surface area contributed by atoms with Gasteiger partial charge in [0.15, 0.2) is 22.5 Å². The zero-order valence-corrected chi connectivity index (χ0v) is 77.0. The molecule has 2 N–H and O–H groups in total. The normalized spacial score (nSPS) is 17.4. The van der Waals surface area contributed by atoms with E-state index < -0.39 is 50.6 Å². The molecule has 8 aromatic rings. The van der Waals surface area contributed by atoms with Gasteiger partial charge in [-0.2, -0.15) is 29.4 Å². The quantitative estimate of drug-likeness (QED) is 0.0118. The van der Waals surface area contributed by atoms with E-state index in [4.69, 9.17) is 82.0 Å². The van der Waals surface area contributed by atoms with E-state index >= 15 is 0 Å². The third-order valence-corrected chi connectivity index (χ3v) is 27.6. The zero-order chi connectivity index (χ0) is 84.3. The van der Waals surface area contributed by atoms with E-state index in [1.54, 1.807) is 63.6 Å². The summed E-state index contributed by atoms with van der Waals surface area (Å²) in [5.74, 6) is 0.526. The minimum atomic E-state index is -1.54. The van der Waals surface area contributed by atoms with E-state index in [0.717, 1.165) is 86.1 Å². The Morgan fingerprint density at radius 1 is 0.483 bits per heavy atom. The first-order valence-electron chi connectivity index (χ1n) is 40.0. The third-order valence-electron chi connectivity index (χ3n) is 20.0. The lowest BCUT2D eigenvalue weighted by molar-refractivity contribution is -0.181. The molecule has 640 valence electrons. The van der Waals surface area contributed by atoms with Crippen molar-refractivity contribution in [2.45, 2.75) is 177 Å². The number of carbonyl (C=O) groups is 2. The molecule has 6 aromatic heterocycles. The molecule has 2 fully saturated rings. The van der Waals surface area contributed by atoms with E-state index in [1.165, 1.54) is 41.3 Å². The molecule has 2 aliphatic rings. The molecule has 0 saturated heterocycles. The van der Waals surface area contributed by atoms with Gasteiger partial charge in [-0.15, -0.1) is 0 Å². The number of ether oxygens (including phenoxy) is 12. The number of nitrogens with zero attached hydrogens (tertiary/aromatic N) is 12. The van der Waals surface area contributed by atoms with Gasteiger partial charge in [0.05, 0.1) is 73.2 Å². The number of esters is 2. The summed E-state index contributed by atoms with van der Waals surface area (Å²) in [6.45, 7) is 34.8. The van der Waals surface area contributed by atoms with Crippen LogP contribution in [0.1, 0.15) is 74.6 Å². The molecule has 0 atom stereocenters. The Balaban J connectivity index is 0.000000249. The van der Waals surface area contributed by atoms with E-state index in [1.807, 2.05) is 27.6 Å². The van der Waals surface area contributed by atoms with Gasteiger partial charge in [0.25, 0.3) is 0 Å². The molecule has 0 radical (unpaired) electrons. The molecular weight excluding hydrogens is 1670 g/mol. The Bertz CT molecular complexity index is 4240. The van der Waals surface area contributed by atoms with Crippen molar-refractivity contribution in [1.29, 1.82) is 0 Å². The van der Waals surface area contributed by atoms with Gasteiger partial charge in [0.1, 0.15) is 63.4 Å². The summed E-state index contributed by atoms with van der Waals surface area (Å²) >= 11 is 2.30. The largest absolute Gasteiger partial charge is 0.491 e. The average molecular weight is 1800 g/mol. The molecule has 6 heterocycles. The maximum absolute atomic E-state index is 13.7. The van der Waals surface area contributed by atoms with Crippen molar-refractivity contribution in [1.82, 2.24) is 48.8 Å². The summed E-state index contributed by atoms with van der Waals surface area (Å²) in [6.07, 6.45) is 14.9. The maximum Gasteiger partial charge on any atom is 0.491 e. The van der Waals surface area contributed by atoms with Gasteiger partial charge >= 0.3 is 19.1 Å². The highest BCUT2D eigenvalue weighted by molar-refractivity contribution is 14.1. The molecule has 116 heavy (non-hydrogen) atoms. The summed E-state index contributed by atoms with van der Waals surface area (Å²) in [5, 5.41) is 35.8. The first-order valence-corrected chi connectivity index (χ1v) is 55.9. The van der Waals surface area contributed by atoms with Crippen LogP contribution in [0.4, 0.5) is 20.4 Å². The third kappa shape index (κ3) is 29.5. The van der Waals surface area contributed by atoms with Crippen molar-refractivity contribution in [2.75, 3.05) is 144 Å². The van der Waals surface area contributed by atoms with Gasteiger partial charge in [0, 0.05) is 158 Å². The van der Waals surface area contributed by atoms with Crippen LogP contribution in [0.2, 0.25) is 103 Å². The smallest absolute Gasteiger partial charge is 0.461 e. The fraction of sp³-hybridized carbons (Fsp3) is 0.600. The van der Waals surface area contributed by atoms with Gasteiger partial charge in [-0.3, -0.25) is 0 Å². The van der Waals surface area contributed by atoms with Crippen molar-refractivity contribution in [3.63, 3.8) is 0 Å². The van der Waals surface area contributed by atoms with E-state index in [0.29, 0.717) is 142 Å². The van der Waals surface area contributed by atoms with Crippen molar-refractivity contribution < 1.29 is 85.3 Å². The number of hydrogen-bond donors (Lipinski definition) is 2. The molecule has 2 aliphatic carbocycles. The second-order valence-corrected chi connectivity index (χ2v) is 57.9. The fourth-order valence-electron chi connectivity index (χ4n) is 12.8. The zero-order valence-electron chi connectivity index (χ0n) is 70.9. The molecule has 0 unspecified atom stereocenters. The number of carbonyl (C=O) groups excluding carboxylic acids is 2. The van der Waals surface area contributed by atoms with Crippen LogP contribution < -0.4 is 15.3 Å². The second kappa shape index (κ2) is 45.4. The number of halogens is 3. The molecule has 10 rings (SSSR count). The lowest BCUT2D eigenvalue weighted by atomic mass is 9.77. The van der Waals surface area contributed by atoms with Crippen LogP contribution in [0, 0.1) is 15.2 Å². The van der Waals surface area contributed by atoms with Crippen LogP contribution in [0.15, 0.2) is 97.8 Å². The van der Waals surface area contributed by atoms with Crippen LogP contribution in [0.5, 0.6) is 0 Å². The standard InChI is InChI=1S/C40H61FN6O7Si2.C31H55IN4O7Si2.C9H8BFN2O2/c1-49-17-19-53-39(48)40(54-20-18-50-2)15-13-31(14-16-40)36-25-37(45(29-51-21-23-55(3,4)5)30-52-22-24-56(6,7)8)47-38(44-36)35(27-43-47)32-26-42-46(28-32)34-11-9-33(41)10-12-34;1-38-13-15-42-30(37)31(43-16-14-39-2)11-9-25(10-12-31)27-21-28(36-29(34-27)26(32)22-33-36)35(23-40-17-19-44(3,4)5)24-41-18-20-45(6,7)8;11-8-1-3-9(4-2-8)13-6-7(5-12-13)10(14)15/h9-12,25-28,31H,13-24,29-30H2,1-8H3;21-22,25H,9-20,23-24H2,1-8H3;1-6,14-15H. The number of methoxy groups -OCH3 is 4. The molecule has 0 bridgehead atoms. The topological polar surface area (TPSA) is 288 Å². The molecule has 36 heteroatoms. The van der Waals surface area contributed by atoms with Crippen molar-refractivity contribution in [3.8, 4) is 22.5 Å². The van der Waals surface area contributed by atoms with Crippen LogP contribution >= 0.6 is 22.6 Å². The molecule has 2 aromatic carbocycles. The van der Waals surface area contributed by atoms with Gasteiger partial charge in [-0.05, 0) is 147 Å². The Hall–Kier alpha value is -6.32. The van der Waals surface area contributed by atoms with Crippen molar-refractivity contribution in [3.05, 3.63) is 124 Å². The molecular formula is C80H124BF2IN12O16Si4. The minimum absolute atomic E-state index is 0.0248. The summed E-state index contributed by atoms with van der Waals surface area (Å²) < 4.78 is 104. The van der Waals surface area contributed by atoms with Crippen LogP contribution in [-0.4, -0.2) is 256 Å². The van der Waals surface area contributed by atoms with E-state index in [-0.39, 0.29) is 55.2 Å². The first-order chi connectivity index (χ1) is 55.2. The Kier molecular flexibility index (Phi) is 37.2. The number of rotatable bonds is 44. The summed E-state index contributed by atoms with van der Waals surface area (Å²) in [4.78, 5) is 41.3. The average Bonchev–Trinajstić information content (AvgIpc) is 1.58. The number of aromatic nitrogens is 10. The highest BCUT2D eigenvalue weighted by Crippen LogP contribution is 2.44. The number of fused-ring (bicyclic) bond motifs is 2. The van der Waals surface area contributed by atoms with E-state index in [9.17, 15) is 18.4 Å². The highest BCUT2D eigenvalue weighted by atomic mass is 127. The van der Waals surface area contributed by atoms with Gasteiger partial charge in [-0.1, -0.05) is 78.6 Å². The molecule has 28 nitrogen and oxygen atoms in total. The van der Waals surface area contributed by atoms with Crippen molar-refractivity contribution in [2.24, 2.45) is 0 Å². The molecule has 0 amide bonds. The lowest BCUT2D eigenvalue weighted by Gasteiger charge is -2.38. The number of anilines is 2. The number of benzene rings is 2. The maximum atomic E-state index is 13.7. The molecule has 0 spiro atoms. The summed E-state index contributed by atoms with van der Waals surface area (Å²) in [6, 6.07) is 20.4. The van der Waals surface area contributed by atoms with Crippen LogP contribution in [-0.2, 0) is 66.4 Å². The SMILES string of the molecule is COCCOC(=O)C1(OCCOC)CCC(c2cc(N(COCC[Si](C)(C)C)COCC[Si](C)(C)C)n3ncc(-c4cnn(-c5ccc(F)cc5)c4)c3n2)CC1.COCCOC(=O)C1(OCCOC)CCC(c2cc(N(COCC[Si](C)(C)C)COCC[Si](C)(C)C)n3ncc(I)c3n2)CC1.OB(O)c1cnn(-c2ccc(F)cc2)c1. The van der Waals surface area contributed by atoms with Gasteiger partial charge < -0.3 is 76.7 Å². The van der Waals surface area contributed by atoms with E-state index in [2.05, 4.69) is 138 Å². The Morgan fingerprint density at radius 3 is 1.22 bits per heavy atom. The predicted molar refractivity (Wildman–Crippen MR) is 465 cm³/mol. The summed E-state index contributed by atoms with van der Waals surface area (Å²) in [7, 11) is -0.235. The Morgan fingerprint density at radius 2 is 0.845 bits per heavy atom. The fourth-order valence-corrected chi connectivity index (χ4v) is 16.3.